The van der Waals surface area contributed by atoms with E-state index in [1.165, 1.54) is 12.0 Å². The highest BCUT2D eigenvalue weighted by atomic mass is 16.6. The fraction of sp³-hybridized carbons (Fsp3) is 0.250. The maximum absolute atomic E-state index is 13.4. The quantitative estimate of drug-likeness (QED) is 0.295. The van der Waals surface area contributed by atoms with Crippen molar-refractivity contribution < 1.29 is 33.6 Å². The molecular formula is C28H26N2O7. The first-order chi connectivity index (χ1) is 18.0. The molecule has 0 bridgehead atoms. The lowest BCUT2D eigenvalue weighted by molar-refractivity contribution is -0.140. The molecule has 0 spiro atoms. The molecule has 5 rings (SSSR count). The number of ether oxygens (including phenoxy) is 4. The Morgan fingerprint density at radius 2 is 1.89 bits per heavy atom. The Hall–Kier alpha value is -4.53. The highest BCUT2D eigenvalue weighted by Crippen LogP contribution is 2.43. The molecule has 2 aliphatic heterocycles. The number of amides is 1. The van der Waals surface area contributed by atoms with Crippen molar-refractivity contribution >= 4 is 17.4 Å². The molecule has 1 amide bonds. The summed E-state index contributed by atoms with van der Waals surface area (Å²) >= 11 is 0. The van der Waals surface area contributed by atoms with E-state index in [2.05, 4.69) is 4.98 Å². The molecule has 9 nitrogen and oxygen atoms in total. The van der Waals surface area contributed by atoms with Gasteiger partial charge in [0.25, 0.3) is 11.7 Å². The largest absolute Gasteiger partial charge is 0.507 e. The predicted octanol–water partition coefficient (Wildman–Crippen LogP) is 3.88. The van der Waals surface area contributed by atoms with Crippen molar-refractivity contribution in [2.75, 3.05) is 26.9 Å². The summed E-state index contributed by atoms with van der Waals surface area (Å²) in [6.07, 6.45) is 3.27. The summed E-state index contributed by atoms with van der Waals surface area (Å²) in [5.74, 6) is 0.180. The molecule has 3 aromatic rings. The summed E-state index contributed by atoms with van der Waals surface area (Å²) in [7, 11) is 1.52. The van der Waals surface area contributed by atoms with Gasteiger partial charge >= 0.3 is 0 Å². The van der Waals surface area contributed by atoms with Crippen molar-refractivity contribution in [3.8, 4) is 23.0 Å². The topological polar surface area (TPSA) is 107 Å². The number of nitrogens with zero attached hydrogens (tertiary/aromatic N) is 2. The van der Waals surface area contributed by atoms with E-state index in [1.54, 1.807) is 54.9 Å². The van der Waals surface area contributed by atoms with Gasteiger partial charge in [0.1, 0.15) is 19.0 Å². The number of hydrogen-bond acceptors (Lipinski definition) is 8. The molecule has 1 atom stereocenters. The molecule has 9 heteroatoms. The maximum Gasteiger partial charge on any atom is 0.295 e. The number of carbonyl (C=O) groups is 2. The normalized spacial score (nSPS) is 18.1. The molecule has 2 aromatic carbocycles. The molecule has 0 saturated carbocycles. The summed E-state index contributed by atoms with van der Waals surface area (Å²) in [4.78, 5) is 32.2. The molecule has 0 radical (unpaired) electrons. The second-order valence-corrected chi connectivity index (χ2v) is 8.49. The van der Waals surface area contributed by atoms with E-state index in [0.29, 0.717) is 53.9 Å². The average molecular weight is 503 g/mol. The van der Waals surface area contributed by atoms with Crippen molar-refractivity contribution in [2.45, 2.75) is 19.5 Å². The average Bonchev–Trinajstić information content (AvgIpc) is 3.18. The SMILES string of the molecule is CCOc1ccc(C2/C(=C(\O)c3ccc4c(c3)OCCO4)C(=O)C(=O)N2Cc2cccnc2)cc1OC. The first kappa shape index (κ1) is 24.2. The van der Waals surface area contributed by atoms with Gasteiger partial charge in [0, 0.05) is 24.5 Å². The molecule has 1 aromatic heterocycles. The van der Waals surface area contributed by atoms with Crippen LogP contribution in [-0.2, 0) is 16.1 Å². The Balaban J connectivity index is 1.65. The van der Waals surface area contributed by atoms with Crippen molar-refractivity contribution in [2.24, 2.45) is 0 Å². The molecular weight excluding hydrogens is 476 g/mol. The van der Waals surface area contributed by atoms with Crippen LogP contribution in [0.2, 0.25) is 0 Å². The van der Waals surface area contributed by atoms with Gasteiger partial charge in [0.15, 0.2) is 23.0 Å². The van der Waals surface area contributed by atoms with Gasteiger partial charge in [-0.3, -0.25) is 14.6 Å². The number of Topliss-reactive ketones (excluding diaryl/α,β-unsaturated/α-hetero) is 1. The number of fused-ring (bicyclic) bond motifs is 1. The van der Waals surface area contributed by atoms with E-state index in [1.807, 2.05) is 13.0 Å². The van der Waals surface area contributed by atoms with Crippen molar-refractivity contribution in [1.82, 2.24) is 9.88 Å². The number of hydrogen-bond donors (Lipinski definition) is 1. The minimum atomic E-state index is -0.877. The Morgan fingerprint density at radius 3 is 2.62 bits per heavy atom. The summed E-state index contributed by atoms with van der Waals surface area (Å²) < 4.78 is 22.4. The molecule has 1 fully saturated rings. The molecule has 1 N–H and O–H groups in total. The molecule has 37 heavy (non-hydrogen) atoms. The third-order valence-electron chi connectivity index (χ3n) is 6.23. The molecule has 190 valence electrons. The number of aromatic nitrogens is 1. The molecule has 1 unspecified atom stereocenters. The number of aliphatic hydroxyl groups excluding tert-OH is 1. The van der Waals surface area contributed by atoms with Crippen LogP contribution in [0.4, 0.5) is 0 Å². The lowest BCUT2D eigenvalue weighted by atomic mass is 9.94. The fourth-order valence-corrected chi connectivity index (χ4v) is 4.55. The maximum atomic E-state index is 13.4. The number of aliphatic hydroxyl groups is 1. The minimum Gasteiger partial charge on any atom is -0.507 e. The highest BCUT2D eigenvalue weighted by Gasteiger charge is 2.46. The Labute approximate surface area is 213 Å². The zero-order valence-electron chi connectivity index (χ0n) is 20.5. The van der Waals surface area contributed by atoms with Crippen LogP contribution >= 0.6 is 0 Å². The third kappa shape index (κ3) is 4.55. The molecule has 0 aliphatic carbocycles. The van der Waals surface area contributed by atoms with E-state index in [4.69, 9.17) is 18.9 Å². The summed E-state index contributed by atoms with van der Waals surface area (Å²) in [5.41, 5.74) is 1.64. The van der Waals surface area contributed by atoms with E-state index in [0.717, 1.165) is 5.56 Å². The van der Waals surface area contributed by atoms with Gasteiger partial charge in [-0.25, -0.2) is 0 Å². The summed E-state index contributed by atoms with van der Waals surface area (Å²) in [6, 6.07) is 12.8. The zero-order chi connectivity index (χ0) is 25.9. The van der Waals surface area contributed by atoms with Gasteiger partial charge < -0.3 is 29.0 Å². The van der Waals surface area contributed by atoms with Crippen LogP contribution in [0.25, 0.3) is 5.76 Å². The Bertz CT molecular complexity index is 1370. The number of ketones is 1. The van der Waals surface area contributed by atoms with Gasteiger partial charge in [-0.2, -0.15) is 0 Å². The van der Waals surface area contributed by atoms with Gasteiger partial charge in [0.2, 0.25) is 0 Å². The summed E-state index contributed by atoms with van der Waals surface area (Å²) in [5, 5.41) is 11.4. The third-order valence-corrected chi connectivity index (χ3v) is 6.23. The van der Waals surface area contributed by atoms with Gasteiger partial charge in [-0.15, -0.1) is 0 Å². The monoisotopic (exact) mass is 502 g/mol. The minimum absolute atomic E-state index is 0.0308. The zero-order valence-corrected chi connectivity index (χ0v) is 20.5. The number of likely N-dealkylation sites (tertiary alicyclic amines) is 1. The summed E-state index contributed by atoms with van der Waals surface area (Å²) in [6.45, 7) is 3.23. The van der Waals surface area contributed by atoms with Crippen molar-refractivity contribution in [3.63, 3.8) is 0 Å². The van der Waals surface area contributed by atoms with Crippen molar-refractivity contribution in [1.29, 1.82) is 0 Å². The molecule has 3 heterocycles. The standard InChI is InChI=1S/C28H26N2O7/c1-3-35-20-8-6-18(13-22(20)34-2)25-24(26(31)19-7-9-21-23(14-19)37-12-11-36-21)27(32)28(33)30(25)16-17-5-4-10-29-15-17/h4-10,13-15,25,31H,3,11-12,16H2,1-2H3/b26-24+. The Kier molecular flexibility index (Phi) is 6.68. The van der Waals surface area contributed by atoms with Crippen LogP contribution < -0.4 is 18.9 Å². The number of carbonyl (C=O) groups excluding carboxylic acids is 2. The lowest BCUT2D eigenvalue weighted by Crippen LogP contribution is -2.29. The number of benzene rings is 2. The Morgan fingerprint density at radius 1 is 1.08 bits per heavy atom. The van der Waals surface area contributed by atoms with Gasteiger partial charge in [-0.1, -0.05) is 12.1 Å². The van der Waals surface area contributed by atoms with Gasteiger partial charge in [-0.05, 0) is 54.4 Å². The van der Waals surface area contributed by atoms with Crippen LogP contribution in [0.15, 0.2) is 66.5 Å². The van der Waals surface area contributed by atoms with E-state index in [9.17, 15) is 14.7 Å². The number of rotatable bonds is 7. The van der Waals surface area contributed by atoms with Crippen LogP contribution in [0.1, 0.15) is 29.7 Å². The van der Waals surface area contributed by atoms with Crippen molar-refractivity contribution in [3.05, 3.63) is 83.2 Å². The van der Waals surface area contributed by atoms with Gasteiger partial charge in [0.05, 0.1) is 25.3 Å². The number of pyridine rings is 1. The second kappa shape index (κ2) is 10.2. The second-order valence-electron chi connectivity index (χ2n) is 8.49. The number of methoxy groups -OCH3 is 1. The van der Waals surface area contributed by atoms with Crippen LogP contribution in [0, 0.1) is 0 Å². The van der Waals surface area contributed by atoms with E-state index < -0.39 is 17.7 Å². The van der Waals surface area contributed by atoms with Crippen LogP contribution in [-0.4, -0.2) is 53.6 Å². The molecule has 2 aliphatic rings. The lowest BCUT2D eigenvalue weighted by Gasteiger charge is -2.26. The smallest absolute Gasteiger partial charge is 0.295 e. The first-order valence-electron chi connectivity index (χ1n) is 11.9. The van der Waals surface area contributed by atoms with Crippen LogP contribution in [0.5, 0.6) is 23.0 Å². The van der Waals surface area contributed by atoms with E-state index >= 15 is 0 Å². The highest BCUT2D eigenvalue weighted by molar-refractivity contribution is 6.46. The predicted molar refractivity (Wildman–Crippen MR) is 134 cm³/mol. The first-order valence-corrected chi connectivity index (χ1v) is 11.9. The molecule has 1 saturated heterocycles. The van der Waals surface area contributed by atoms with Crippen LogP contribution in [0.3, 0.4) is 0 Å². The van der Waals surface area contributed by atoms with E-state index in [-0.39, 0.29) is 17.9 Å². The fourth-order valence-electron chi connectivity index (χ4n) is 4.55.